The molecule has 0 aliphatic heterocycles. The Kier molecular flexibility index (Phi) is 3.68. The van der Waals surface area contributed by atoms with Crippen molar-refractivity contribution in [2.24, 2.45) is 5.73 Å². The zero-order chi connectivity index (χ0) is 14.0. The third-order valence-electron chi connectivity index (χ3n) is 2.99. The highest BCUT2D eigenvalue weighted by molar-refractivity contribution is 5.58. The summed E-state index contributed by atoms with van der Waals surface area (Å²) in [5, 5.41) is 3.96. The van der Waals surface area contributed by atoms with Crippen molar-refractivity contribution in [1.29, 1.82) is 0 Å². The van der Waals surface area contributed by atoms with Crippen LogP contribution in [0.3, 0.4) is 0 Å². The van der Waals surface area contributed by atoms with E-state index in [4.69, 9.17) is 15.0 Å². The molecule has 0 saturated carbocycles. The summed E-state index contributed by atoms with van der Waals surface area (Å²) in [6.45, 7) is 6.21. The largest absolute Gasteiger partial charge is 0.382 e. The van der Waals surface area contributed by atoms with Gasteiger partial charge in [0.1, 0.15) is 5.54 Å². The average molecular weight is 261 g/mol. The highest BCUT2D eigenvalue weighted by Crippen LogP contribution is 2.24. The summed E-state index contributed by atoms with van der Waals surface area (Å²) in [7, 11) is 1.59. The zero-order valence-electron chi connectivity index (χ0n) is 11.7. The molecule has 1 aromatic heterocycles. The molecule has 0 amide bonds. The Bertz CT molecular complexity index is 576. The lowest BCUT2D eigenvalue weighted by Gasteiger charge is -2.18. The predicted octanol–water partition coefficient (Wildman–Crippen LogP) is 2.17. The fraction of sp³-hybridized carbons (Fsp3) is 0.429. The maximum absolute atomic E-state index is 6.09. The second-order valence-electron chi connectivity index (χ2n) is 5.09. The molecule has 1 unspecified atom stereocenters. The molecule has 5 nitrogen and oxygen atoms in total. The van der Waals surface area contributed by atoms with E-state index < -0.39 is 5.54 Å². The minimum absolute atomic E-state index is 0.332. The van der Waals surface area contributed by atoms with Gasteiger partial charge in [0.05, 0.1) is 6.61 Å². The molecule has 19 heavy (non-hydrogen) atoms. The first-order valence-electron chi connectivity index (χ1n) is 6.13. The summed E-state index contributed by atoms with van der Waals surface area (Å²) < 4.78 is 10.4. The Balaban J connectivity index is 2.35. The van der Waals surface area contributed by atoms with Crippen LogP contribution in [0.2, 0.25) is 0 Å². The number of ether oxygens (including phenoxy) is 1. The molecule has 0 saturated heterocycles. The van der Waals surface area contributed by atoms with Crippen molar-refractivity contribution in [3.63, 3.8) is 0 Å². The van der Waals surface area contributed by atoms with E-state index in [9.17, 15) is 0 Å². The lowest BCUT2D eigenvalue weighted by atomic mass is 10.0. The van der Waals surface area contributed by atoms with Crippen molar-refractivity contribution in [3.05, 3.63) is 35.2 Å². The normalized spacial score (nSPS) is 14.4. The Labute approximate surface area is 112 Å². The molecule has 0 aliphatic rings. The summed E-state index contributed by atoms with van der Waals surface area (Å²) >= 11 is 0. The van der Waals surface area contributed by atoms with E-state index >= 15 is 0 Å². The molecule has 0 radical (unpaired) electrons. The van der Waals surface area contributed by atoms with E-state index in [1.807, 2.05) is 32.9 Å². The number of benzene rings is 1. The average Bonchev–Trinajstić information content (AvgIpc) is 2.78. The number of hydrogen-bond acceptors (Lipinski definition) is 5. The van der Waals surface area contributed by atoms with Gasteiger partial charge >= 0.3 is 0 Å². The first-order valence-corrected chi connectivity index (χ1v) is 6.13. The van der Waals surface area contributed by atoms with Gasteiger partial charge in [-0.25, -0.2) is 0 Å². The Hall–Kier alpha value is -1.72. The van der Waals surface area contributed by atoms with Crippen molar-refractivity contribution in [1.82, 2.24) is 10.1 Å². The lowest BCUT2D eigenvalue weighted by molar-refractivity contribution is 0.135. The standard InChI is InChI=1S/C14H19N3O2/c1-9-5-6-11(10(2)7-9)12-16-13(17-19-12)14(3,15)8-18-4/h5-7H,8,15H2,1-4H3. The molecular formula is C14H19N3O2. The molecule has 0 aliphatic carbocycles. The Morgan fingerprint density at radius 2 is 2.11 bits per heavy atom. The monoisotopic (exact) mass is 261 g/mol. The van der Waals surface area contributed by atoms with Gasteiger partial charge < -0.3 is 15.0 Å². The number of rotatable bonds is 4. The molecule has 1 aromatic carbocycles. The topological polar surface area (TPSA) is 74.2 Å². The SMILES string of the molecule is COCC(C)(N)c1noc(-c2ccc(C)cc2C)n1. The zero-order valence-corrected chi connectivity index (χ0v) is 11.7. The fourth-order valence-electron chi connectivity index (χ4n) is 1.98. The molecule has 0 bridgehead atoms. The van der Waals surface area contributed by atoms with Crippen molar-refractivity contribution in [2.45, 2.75) is 26.3 Å². The quantitative estimate of drug-likeness (QED) is 0.913. The predicted molar refractivity (Wildman–Crippen MR) is 72.6 cm³/mol. The highest BCUT2D eigenvalue weighted by atomic mass is 16.5. The molecule has 1 atom stereocenters. The van der Waals surface area contributed by atoms with E-state index in [-0.39, 0.29) is 0 Å². The van der Waals surface area contributed by atoms with Crippen LogP contribution < -0.4 is 5.73 Å². The number of aryl methyl sites for hydroxylation is 2. The van der Waals surface area contributed by atoms with Crippen LogP contribution in [0.25, 0.3) is 11.5 Å². The molecule has 2 rings (SSSR count). The fourth-order valence-corrected chi connectivity index (χ4v) is 1.98. The van der Waals surface area contributed by atoms with Gasteiger partial charge in [0.25, 0.3) is 5.89 Å². The van der Waals surface area contributed by atoms with Crippen LogP contribution in [0.15, 0.2) is 22.7 Å². The summed E-state index contributed by atoms with van der Waals surface area (Å²) in [5.74, 6) is 0.935. The molecule has 102 valence electrons. The summed E-state index contributed by atoms with van der Waals surface area (Å²) in [5.41, 5.74) is 8.56. The number of hydrogen-bond donors (Lipinski definition) is 1. The van der Waals surface area contributed by atoms with E-state index in [2.05, 4.69) is 16.2 Å². The third kappa shape index (κ3) is 2.83. The first kappa shape index (κ1) is 13.7. The Morgan fingerprint density at radius 3 is 2.74 bits per heavy atom. The molecule has 2 N–H and O–H groups in total. The van der Waals surface area contributed by atoms with E-state index in [0.717, 1.165) is 11.1 Å². The second-order valence-corrected chi connectivity index (χ2v) is 5.09. The minimum Gasteiger partial charge on any atom is -0.382 e. The van der Waals surface area contributed by atoms with E-state index in [0.29, 0.717) is 18.3 Å². The van der Waals surface area contributed by atoms with Gasteiger partial charge in [0.2, 0.25) is 0 Å². The van der Waals surface area contributed by atoms with Crippen LogP contribution in [-0.2, 0) is 10.3 Å². The third-order valence-corrected chi connectivity index (χ3v) is 2.99. The van der Waals surface area contributed by atoms with Crippen LogP contribution in [0.5, 0.6) is 0 Å². The lowest BCUT2D eigenvalue weighted by Crippen LogP contribution is -2.38. The van der Waals surface area contributed by atoms with Gasteiger partial charge in [-0.3, -0.25) is 0 Å². The second kappa shape index (κ2) is 5.11. The summed E-state index contributed by atoms with van der Waals surface area (Å²) in [6, 6.07) is 6.07. The smallest absolute Gasteiger partial charge is 0.258 e. The van der Waals surface area contributed by atoms with Gasteiger partial charge in [-0.15, -0.1) is 0 Å². The number of nitrogens with two attached hydrogens (primary N) is 1. The molecule has 2 aromatic rings. The van der Waals surface area contributed by atoms with Gasteiger partial charge in [0, 0.05) is 12.7 Å². The maximum atomic E-state index is 6.09. The Morgan fingerprint density at radius 1 is 1.37 bits per heavy atom. The van der Waals surface area contributed by atoms with Gasteiger partial charge in [0.15, 0.2) is 5.82 Å². The van der Waals surface area contributed by atoms with Gasteiger partial charge in [-0.1, -0.05) is 22.9 Å². The van der Waals surface area contributed by atoms with E-state index in [1.165, 1.54) is 5.56 Å². The van der Waals surface area contributed by atoms with Crippen molar-refractivity contribution >= 4 is 0 Å². The van der Waals surface area contributed by atoms with Crippen LogP contribution in [0, 0.1) is 13.8 Å². The minimum atomic E-state index is -0.755. The number of aromatic nitrogens is 2. The van der Waals surface area contributed by atoms with Crippen molar-refractivity contribution < 1.29 is 9.26 Å². The summed E-state index contributed by atoms with van der Waals surface area (Å²) in [4.78, 5) is 4.38. The van der Waals surface area contributed by atoms with Gasteiger partial charge in [-0.05, 0) is 32.4 Å². The summed E-state index contributed by atoms with van der Waals surface area (Å²) in [6.07, 6.45) is 0. The number of methoxy groups -OCH3 is 1. The molecule has 5 heteroatoms. The van der Waals surface area contributed by atoms with E-state index in [1.54, 1.807) is 7.11 Å². The molecule has 0 spiro atoms. The van der Waals surface area contributed by atoms with Gasteiger partial charge in [-0.2, -0.15) is 4.98 Å². The van der Waals surface area contributed by atoms with Crippen LogP contribution >= 0.6 is 0 Å². The first-order chi connectivity index (χ1) is 8.94. The number of nitrogens with zero attached hydrogens (tertiary/aromatic N) is 2. The molecular weight excluding hydrogens is 242 g/mol. The maximum Gasteiger partial charge on any atom is 0.258 e. The van der Waals surface area contributed by atoms with Crippen molar-refractivity contribution in [2.75, 3.05) is 13.7 Å². The highest BCUT2D eigenvalue weighted by Gasteiger charge is 2.28. The van der Waals surface area contributed by atoms with Crippen LogP contribution in [-0.4, -0.2) is 23.9 Å². The molecule has 1 heterocycles. The van der Waals surface area contributed by atoms with Crippen LogP contribution in [0.1, 0.15) is 23.9 Å². The van der Waals surface area contributed by atoms with Crippen molar-refractivity contribution in [3.8, 4) is 11.5 Å². The molecule has 0 fully saturated rings. The van der Waals surface area contributed by atoms with Crippen LogP contribution in [0.4, 0.5) is 0 Å².